The lowest BCUT2D eigenvalue weighted by molar-refractivity contribution is 0.0692. The van der Waals surface area contributed by atoms with E-state index in [-0.39, 0.29) is 5.56 Å². The lowest BCUT2D eigenvalue weighted by Crippen LogP contribution is -2.11. The van der Waals surface area contributed by atoms with E-state index in [2.05, 4.69) is 6.92 Å². The van der Waals surface area contributed by atoms with Gasteiger partial charge in [-0.05, 0) is 18.6 Å². The van der Waals surface area contributed by atoms with Gasteiger partial charge in [0.1, 0.15) is 11.3 Å². The number of carboxylic acids is 1. The summed E-state index contributed by atoms with van der Waals surface area (Å²) in [6.45, 7) is 4.06. The third-order valence-corrected chi connectivity index (χ3v) is 5.04. The highest BCUT2D eigenvalue weighted by atomic mass is 16.5. The van der Waals surface area contributed by atoms with E-state index in [4.69, 9.17) is 21.3 Å². The SMILES string of the molecule is CCCCCCCCCCCCCCCCOc1ccccc1C(=O)O.NCCN. The summed E-state index contributed by atoms with van der Waals surface area (Å²) < 4.78 is 5.62. The fourth-order valence-corrected chi connectivity index (χ4v) is 3.25. The molecule has 0 aliphatic carbocycles. The van der Waals surface area contributed by atoms with Gasteiger partial charge in [-0.25, -0.2) is 4.79 Å². The molecular weight excluding hydrogens is 376 g/mol. The first kappa shape index (κ1) is 28.4. The van der Waals surface area contributed by atoms with E-state index in [9.17, 15) is 4.79 Å². The molecule has 0 atom stereocenters. The van der Waals surface area contributed by atoms with Gasteiger partial charge in [-0.2, -0.15) is 0 Å². The van der Waals surface area contributed by atoms with Crippen LogP contribution in [0, 0.1) is 0 Å². The van der Waals surface area contributed by atoms with Gasteiger partial charge in [0.2, 0.25) is 0 Å². The van der Waals surface area contributed by atoms with E-state index in [0.717, 1.165) is 12.8 Å². The zero-order chi connectivity index (χ0) is 22.3. The quantitative estimate of drug-likeness (QED) is 0.246. The van der Waals surface area contributed by atoms with Crippen LogP contribution in [0.2, 0.25) is 0 Å². The number of carboxylic acid groups (broad SMARTS) is 1. The van der Waals surface area contributed by atoms with Crippen molar-refractivity contribution in [3.05, 3.63) is 29.8 Å². The minimum atomic E-state index is -0.929. The number of ether oxygens (including phenoxy) is 1. The zero-order valence-electron chi connectivity index (χ0n) is 19.2. The van der Waals surface area contributed by atoms with Crippen LogP contribution in [0.1, 0.15) is 107 Å². The Bertz CT molecular complexity index is 507. The van der Waals surface area contributed by atoms with Gasteiger partial charge >= 0.3 is 5.97 Å². The molecule has 0 amide bonds. The van der Waals surface area contributed by atoms with Crippen molar-refractivity contribution < 1.29 is 14.6 Å². The number of hydrogen-bond acceptors (Lipinski definition) is 4. The third kappa shape index (κ3) is 17.3. The van der Waals surface area contributed by atoms with E-state index >= 15 is 0 Å². The van der Waals surface area contributed by atoms with Gasteiger partial charge < -0.3 is 21.3 Å². The Kier molecular flexibility index (Phi) is 20.9. The average Bonchev–Trinajstić information content (AvgIpc) is 2.76. The monoisotopic (exact) mass is 422 g/mol. The second-order valence-corrected chi connectivity index (χ2v) is 7.82. The number of rotatable bonds is 18. The summed E-state index contributed by atoms with van der Waals surface area (Å²) >= 11 is 0. The van der Waals surface area contributed by atoms with E-state index in [1.807, 2.05) is 6.07 Å². The molecular formula is C25H46N2O3. The molecule has 1 rings (SSSR count). The topological polar surface area (TPSA) is 98.6 Å². The highest BCUT2D eigenvalue weighted by molar-refractivity contribution is 5.90. The summed E-state index contributed by atoms with van der Waals surface area (Å²) in [5, 5.41) is 9.11. The standard InChI is InChI=1S/C23H38O3.C2H8N2/c1-2-3-4-5-6-7-8-9-10-11-12-13-14-17-20-26-22-19-16-15-18-21(22)23(24)25;3-1-2-4/h15-16,18-19H,2-14,17,20H2,1H3,(H,24,25);1-4H2. The lowest BCUT2D eigenvalue weighted by Gasteiger charge is -2.08. The molecule has 5 N–H and O–H groups in total. The first-order valence-corrected chi connectivity index (χ1v) is 12.0. The number of carbonyl (C=O) groups is 1. The maximum Gasteiger partial charge on any atom is 0.339 e. The van der Waals surface area contributed by atoms with Gasteiger partial charge in [-0.1, -0.05) is 103 Å². The third-order valence-electron chi connectivity index (χ3n) is 5.04. The average molecular weight is 423 g/mol. The fourth-order valence-electron chi connectivity index (χ4n) is 3.25. The van der Waals surface area contributed by atoms with Crippen LogP contribution in [0.15, 0.2) is 24.3 Å². The normalized spacial score (nSPS) is 10.4. The second-order valence-electron chi connectivity index (χ2n) is 7.82. The summed E-state index contributed by atoms with van der Waals surface area (Å²) in [6.07, 6.45) is 18.6. The molecule has 0 aliphatic rings. The van der Waals surface area contributed by atoms with Crippen LogP contribution < -0.4 is 16.2 Å². The van der Waals surface area contributed by atoms with E-state index in [1.165, 1.54) is 77.0 Å². The van der Waals surface area contributed by atoms with E-state index in [1.54, 1.807) is 18.2 Å². The van der Waals surface area contributed by atoms with Crippen LogP contribution in [0.25, 0.3) is 0 Å². The minimum absolute atomic E-state index is 0.248. The summed E-state index contributed by atoms with van der Waals surface area (Å²) in [4.78, 5) is 11.1. The van der Waals surface area contributed by atoms with Crippen molar-refractivity contribution in [2.24, 2.45) is 11.5 Å². The van der Waals surface area contributed by atoms with Gasteiger partial charge in [-0.15, -0.1) is 0 Å². The lowest BCUT2D eigenvalue weighted by atomic mass is 10.0. The Morgan fingerprint density at radius 1 is 0.767 bits per heavy atom. The molecule has 30 heavy (non-hydrogen) atoms. The predicted octanol–water partition coefficient (Wildman–Crippen LogP) is 6.15. The van der Waals surface area contributed by atoms with Crippen LogP contribution in [-0.4, -0.2) is 30.8 Å². The van der Waals surface area contributed by atoms with Crippen LogP contribution in [0.4, 0.5) is 0 Å². The van der Waals surface area contributed by atoms with Gasteiger partial charge in [0.05, 0.1) is 6.61 Å². The molecule has 0 saturated carbocycles. The highest BCUT2D eigenvalue weighted by Gasteiger charge is 2.09. The number of para-hydroxylation sites is 1. The number of nitrogens with two attached hydrogens (primary N) is 2. The number of benzene rings is 1. The van der Waals surface area contributed by atoms with Crippen molar-refractivity contribution in [3.8, 4) is 5.75 Å². The molecule has 0 aliphatic heterocycles. The predicted molar refractivity (Wildman–Crippen MR) is 127 cm³/mol. The number of unbranched alkanes of at least 4 members (excludes halogenated alkanes) is 13. The van der Waals surface area contributed by atoms with Crippen molar-refractivity contribution in [1.82, 2.24) is 0 Å². The van der Waals surface area contributed by atoms with Gasteiger partial charge in [0.15, 0.2) is 0 Å². The summed E-state index contributed by atoms with van der Waals surface area (Å²) in [5.41, 5.74) is 10.1. The second kappa shape index (κ2) is 22.1. The van der Waals surface area contributed by atoms with Crippen molar-refractivity contribution in [3.63, 3.8) is 0 Å². The summed E-state index contributed by atoms with van der Waals surface area (Å²) in [6, 6.07) is 6.85. The van der Waals surface area contributed by atoms with Crippen LogP contribution in [0.5, 0.6) is 5.75 Å². The molecule has 0 fully saturated rings. The van der Waals surface area contributed by atoms with Crippen molar-refractivity contribution in [1.29, 1.82) is 0 Å². The van der Waals surface area contributed by atoms with E-state index in [0.29, 0.717) is 25.4 Å². The Morgan fingerprint density at radius 2 is 1.20 bits per heavy atom. The van der Waals surface area contributed by atoms with Crippen LogP contribution >= 0.6 is 0 Å². The molecule has 1 aromatic carbocycles. The summed E-state index contributed by atoms with van der Waals surface area (Å²) in [7, 11) is 0. The fraction of sp³-hybridized carbons (Fsp3) is 0.720. The maximum atomic E-state index is 11.1. The number of aromatic carboxylic acids is 1. The Hall–Kier alpha value is -1.59. The molecule has 5 heteroatoms. The molecule has 1 aromatic rings. The Morgan fingerprint density at radius 3 is 1.63 bits per heavy atom. The molecule has 0 spiro atoms. The van der Waals surface area contributed by atoms with Crippen LogP contribution in [-0.2, 0) is 0 Å². The number of hydrogen-bond donors (Lipinski definition) is 3. The zero-order valence-corrected chi connectivity index (χ0v) is 19.2. The molecule has 0 unspecified atom stereocenters. The molecule has 0 heterocycles. The Balaban J connectivity index is 0.00000192. The first-order valence-electron chi connectivity index (χ1n) is 12.0. The smallest absolute Gasteiger partial charge is 0.339 e. The molecule has 0 aromatic heterocycles. The maximum absolute atomic E-state index is 11.1. The van der Waals surface area contributed by atoms with E-state index < -0.39 is 5.97 Å². The van der Waals surface area contributed by atoms with Gasteiger partial charge in [-0.3, -0.25) is 0 Å². The molecule has 174 valence electrons. The van der Waals surface area contributed by atoms with Crippen molar-refractivity contribution in [2.75, 3.05) is 19.7 Å². The minimum Gasteiger partial charge on any atom is -0.493 e. The molecule has 5 nitrogen and oxygen atoms in total. The first-order chi connectivity index (χ1) is 14.7. The summed E-state index contributed by atoms with van der Waals surface area (Å²) in [5.74, 6) is -0.448. The molecule has 0 radical (unpaired) electrons. The van der Waals surface area contributed by atoms with Crippen molar-refractivity contribution >= 4 is 5.97 Å². The molecule has 0 bridgehead atoms. The Labute approximate surface area is 184 Å². The largest absolute Gasteiger partial charge is 0.493 e. The van der Waals surface area contributed by atoms with Gasteiger partial charge in [0, 0.05) is 13.1 Å². The molecule has 0 saturated heterocycles. The van der Waals surface area contributed by atoms with Crippen molar-refractivity contribution in [2.45, 2.75) is 96.8 Å². The van der Waals surface area contributed by atoms with Crippen LogP contribution in [0.3, 0.4) is 0 Å². The highest BCUT2D eigenvalue weighted by Crippen LogP contribution is 2.18. The van der Waals surface area contributed by atoms with Gasteiger partial charge in [0.25, 0.3) is 0 Å².